The van der Waals surface area contributed by atoms with Crippen molar-refractivity contribution in [2.45, 2.75) is 12.8 Å². The average Bonchev–Trinajstić information content (AvgIpc) is 2.98. The third-order valence-corrected chi connectivity index (χ3v) is 4.96. The molecule has 0 bridgehead atoms. The van der Waals surface area contributed by atoms with Crippen LogP contribution in [0.1, 0.15) is 22.3 Å². The Morgan fingerprint density at radius 1 is 1.21 bits per heavy atom. The molecule has 0 aliphatic carbocycles. The number of hydrogen-bond acceptors (Lipinski definition) is 3. The standard InChI is InChI=1S/C19H15N3O2/c1-11-21-10-4-5-12-13(19(23)24)8-9-14(17(12)21)18-20-15-6-2-3-7-16(15)22(11)18/h2-3,6-9H,1,4-5,10H2,(H,23,24). The van der Waals surface area contributed by atoms with Crippen molar-refractivity contribution in [3.8, 4) is 11.4 Å². The van der Waals surface area contributed by atoms with Crippen LogP contribution in [-0.4, -0.2) is 27.2 Å². The van der Waals surface area contributed by atoms with Gasteiger partial charge in [-0.05, 0) is 42.7 Å². The highest BCUT2D eigenvalue weighted by Gasteiger charge is 2.34. The predicted molar refractivity (Wildman–Crippen MR) is 93.1 cm³/mol. The summed E-state index contributed by atoms with van der Waals surface area (Å²) in [5.41, 5.74) is 5.18. The number of anilines is 1. The molecule has 2 aliphatic rings. The Bertz CT molecular complexity index is 1050. The predicted octanol–water partition coefficient (Wildman–Crippen LogP) is 3.60. The minimum absolute atomic E-state index is 0.385. The molecule has 0 amide bonds. The Morgan fingerprint density at radius 3 is 2.88 bits per heavy atom. The molecular formula is C19H15N3O2. The average molecular weight is 317 g/mol. The number of carboxylic acid groups (broad SMARTS) is 1. The van der Waals surface area contributed by atoms with Crippen LogP contribution >= 0.6 is 0 Å². The fourth-order valence-electron chi connectivity index (χ4n) is 3.95. The third kappa shape index (κ3) is 1.53. The Balaban J connectivity index is 1.90. The Kier molecular flexibility index (Phi) is 2.49. The number of benzene rings is 2. The number of aromatic carboxylic acids is 1. The second kappa shape index (κ2) is 4.47. The van der Waals surface area contributed by atoms with Gasteiger partial charge in [0.1, 0.15) is 11.6 Å². The highest BCUT2D eigenvalue weighted by molar-refractivity contribution is 6.00. The van der Waals surface area contributed by atoms with Crippen LogP contribution in [0.3, 0.4) is 0 Å². The molecule has 2 aromatic carbocycles. The van der Waals surface area contributed by atoms with Crippen LogP contribution in [0.4, 0.5) is 5.69 Å². The van der Waals surface area contributed by atoms with Crippen LogP contribution in [-0.2, 0) is 6.42 Å². The van der Waals surface area contributed by atoms with Gasteiger partial charge in [-0.1, -0.05) is 18.7 Å². The van der Waals surface area contributed by atoms with Crippen molar-refractivity contribution in [2.24, 2.45) is 0 Å². The molecule has 1 N–H and O–H groups in total. The van der Waals surface area contributed by atoms with Gasteiger partial charge in [-0.25, -0.2) is 9.78 Å². The fraction of sp³-hybridized carbons (Fsp3) is 0.158. The van der Waals surface area contributed by atoms with E-state index < -0.39 is 5.97 Å². The first-order valence-corrected chi connectivity index (χ1v) is 8.00. The molecule has 0 radical (unpaired) electrons. The topological polar surface area (TPSA) is 58.4 Å². The molecule has 3 aromatic rings. The van der Waals surface area contributed by atoms with Crippen LogP contribution < -0.4 is 4.90 Å². The van der Waals surface area contributed by atoms with E-state index in [0.717, 1.165) is 58.9 Å². The lowest BCUT2D eigenvalue weighted by atomic mass is 9.91. The lowest BCUT2D eigenvalue weighted by Crippen LogP contribution is -2.34. The van der Waals surface area contributed by atoms with E-state index >= 15 is 0 Å². The Hall–Kier alpha value is -3.08. The van der Waals surface area contributed by atoms with Crippen LogP contribution in [0.5, 0.6) is 0 Å². The van der Waals surface area contributed by atoms with Crippen molar-refractivity contribution in [3.63, 3.8) is 0 Å². The zero-order valence-corrected chi connectivity index (χ0v) is 13.0. The third-order valence-electron chi connectivity index (χ3n) is 4.96. The lowest BCUT2D eigenvalue weighted by Gasteiger charge is -2.39. The zero-order valence-electron chi connectivity index (χ0n) is 13.0. The molecule has 0 unspecified atom stereocenters. The maximum absolute atomic E-state index is 11.6. The molecule has 118 valence electrons. The van der Waals surface area contributed by atoms with Gasteiger partial charge in [-0.2, -0.15) is 0 Å². The number of aromatic nitrogens is 2. The van der Waals surface area contributed by atoms with Gasteiger partial charge in [-0.3, -0.25) is 4.57 Å². The summed E-state index contributed by atoms with van der Waals surface area (Å²) in [5, 5.41) is 9.52. The Labute approximate surface area is 138 Å². The maximum Gasteiger partial charge on any atom is 0.336 e. The fourth-order valence-corrected chi connectivity index (χ4v) is 3.95. The van der Waals surface area contributed by atoms with E-state index in [0.29, 0.717) is 5.56 Å². The molecule has 5 heteroatoms. The maximum atomic E-state index is 11.6. The van der Waals surface area contributed by atoms with Crippen molar-refractivity contribution in [3.05, 3.63) is 54.1 Å². The SMILES string of the molecule is C=C1N2CCCc3c(C(=O)O)ccc(c32)-c2nc3ccccc3n21. The van der Waals surface area contributed by atoms with Gasteiger partial charge in [0, 0.05) is 12.1 Å². The van der Waals surface area contributed by atoms with Crippen molar-refractivity contribution >= 4 is 28.5 Å². The summed E-state index contributed by atoms with van der Waals surface area (Å²) >= 11 is 0. The molecule has 0 fully saturated rings. The minimum Gasteiger partial charge on any atom is -0.478 e. The largest absolute Gasteiger partial charge is 0.478 e. The molecule has 3 heterocycles. The van der Waals surface area contributed by atoms with Crippen LogP contribution in [0.25, 0.3) is 28.2 Å². The van der Waals surface area contributed by atoms with Crippen molar-refractivity contribution < 1.29 is 9.90 Å². The van der Waals surface area contributed by atoms with Crippen LogP contribution in [0.15, 0.2) is 43.0 Å². The molecule has 24 heavy (non-hydrogen) atoms. The second-order valence-corrected chi connectivity index (χ2v) is 6.22. The first-order chi connectivity index (χ1) is 11.7. The minimum atomic E-state index is -0.876. The van der Waals surface area contributed by atoms with Gasteiger partial charge < -0.3 is 10.0 Å². The number of hydrogen-bond donors (Lipinski definition) is 1. The van der Waals surface area contributed by atoms with Gasteiger partial charge in [0.05, 0.1) is 22.3 Å². The van der Waals surface area contributed by atoms with E-state index in [4.69, 9.17) is 4.98 Å². The molecule has 0 spiro atoms. The quantitative estimate of drug-likeness (QED) is 0.745. The summed E-state index contributed by atoms with van der Waals surface area (Å²) in [5.74, 6) is 0.807. The van der Waals surface area contributed by atoms with Crippen LogP contribution in [0, 0.1) is 0 Å². The normalized spacial score (nSPS) is 15.3. The molecule has 0 saturated carbocycles. The molecular weight excluding hydrogens is 302 g/mol. The van der Waals surface area contributed by atoms with E-state index in [2.05, 4.69) is 16.0 Å². The molecule has 5 nitrogen and oxygen atoms in total. The van der Waals surface area contributed by atoms with Gasteiger partial charge >= 0.3 is 5.97 Å². The summed E-state index contributed by atoms with van der Waals surface area (Å²) in [4.78, 5) is 18.5. The smallest absolute Gasteiger partial charge is 0.336 e. The van der Waals surface area contributed by atoms with Crippen molar-refractivity contribution in [1.29, 1.82) is 0 Å². The first kappa shape index (κ1) is 13.4. The van der Waals surface area contributed by atoms with E-state index in [-0.39, 0.29) is 0 Å². The Morgan fingerprint density at radius 2 is 2.04 bits per heavy atom. The number of carboxylic acids is 1. The van der Waals surface area contributed by atoms with Crippen LogP contribution in [0.2, 0.25) is 0 Å². The molecule has 0 atom stereocenters. The summed E-state index contributed by atoms with van der Waals surface area (Å²) < 4.78 is 2.08. The summed E-state index contributed by atoms with van der Waals surface area (Å²) in [6.07, 6.45) is 1.69. The van der Waals surface area contributed by atoms with Crippen molar-refractivity contribution in [2.75, 3.05) is 11.4 Å². The number of fused-ring (bicyclic) bond motifs is 4. The molecule has 1 aromatic heterocycles. The number of para-hydroxylation sites is 2. The lowest BCUT2D eigenvalue weighted by molar-refractivity contribution is 0.0695. The zero-order chi connectivity index (χ0) is 16.4. The van der Waals surface area contributed by atoms with Gasteiger partial charge in [0.25, 0.3) is 0 Å². The van der Waals surface area contributed by atoms with Gasteiger partial charge in [0.2, 0.25) is 0 Å². The number of nitrogens with zero attached hydrogens (tertiary/aromatic N) is 3. The van der Waals surface area contributed by atoms with E-state index in [9.17, 15) is 9.90 Å². The van der Waals surface area contributed by atoms with Gasteiger partial charge in [0.15, 0.2) is 0 Å². The molecule has 5 rings (SSSR count). The first-order valence-electron chi connectivity index (χ1n) is 8.00. The number of carbonyl (C=O) groups is 1. The monoisotopic (exact) mass is 317 g/mol. The second-order valence-electron chi connectivity index (χ2n) is 6.22. The van der Waals surface area contributed by atoms with Crippen molar-refractivity contribution in [1.82, 2.24) is 9.55 Å². The summed E-state index contributed by atoms with van der Waals surface area (Å²) in [6.45, 7) is 5.12. The van der Waals surface area contributed by atoms with E-state index in [1.165, 1.54) is 0 Å². The molecule has 0 saturated heterocycles. The number of imidazole rings is 1. The summed E-state index contributed by atoms with van der Waals surface area (Å²) in [7, 11) is 0. The number of rotatable bonds is 1. The van der Waals surface area contributed by atoms with E-state index in [1.807, 2.05) is 30.3 Å². The highest BCUT2D eigenvalue weighted by Crippen LogP contribution is 2.46. The molecule has 2 aliphatic heterocycles. The van der Waals surface area contributed by atoms with Gasteiger partial charge in [-0.15, -0.1) is 0 Å². The summed E-state index contributed by atoms with van der Waals surface area (Å²) in [6, 6.07) is 11.6. The highest BCUT2D eigenvalue weighted by atomic mass is 16.4. The van der Waals surface area contributed by atoms with E-state index in [1.54, 1.807) is 6.07 Å².